The lowest BCUT2D eigenvalue weighted by atomic mass is 10.0. The van der Waals surface area contributed by atoms with Gasteiger partial charge in [-0.25, -0.2) is 5.10 Å². The van der Waals surface area contributed by atoms with Crippen molar-refractivity contribution in [3.8, 4) is 0 Å². The van der Waals surface area contributed by atoms with Crippen LogP contribution >= 0.6 is 0 Å². The number of nitrogens with zero attached hydrogens (tertiary/aromatic N) is 5. The fourth-order valence-corrected chi connectivity index (χ4v) is 3.50. The second-order valence-electron chi connectivity index (χ2n) is 7.38. The van der Waals surface area contributed by atoms with Crippen LogP contribution in [-0.4, -0.2) is 67.8 Å². The Morgan fingerprint density at radius 3 is 2.43 bits per heavy atom. The first-order chi connectivity index (χ1) is 13.3. The van der Waals surface area contributed by atoms with Crippen LogP contribution in [0.25, 0.3) is 0 Å². The third kappa shape index (κ3) is 3.97. The maximum Gasteiger partial charge on any atom is 0.277 e. The van der Waals surface area contributed by atoms with Crippen molar-refractivity contribution in [1.29, 1.82) is 0 Å². The minimum absolute atomic E-state index is 0.0738. The van der Waals surface area contributed by atoms with Crippen LogP contribution in [0.4, 0.5) is 0 Å². The molecule has 0 saturated carbocycles. The summed E-state index contributed by atoms with van der Waals surface area (Å²) in [5, 5.41) is 10.4. The van der Waals surface area contributed by atoms with Crippen LogP contribution in [0, 0.1) is 19.8 Å². The number of hydrogen-bond acceptors (Lipinski definition) is 5. The highest BCUT2D eigenvalue weighted by molar-refractivity contribution is 5.95. The number of piperazine rings is 1. The molecule has 150 valence electrons. The molecule has 3 rings (SSSR count). The van der Waals surface area contributed by atoms with Crippen molar-refractivity contribution in [2.45, 2.75) is 27.2 Å². The van der Waals surface area contributed by atoms with Crippen LogP contribution in [0.2, 0.25) is 0 Å². The zero-order valence-electron chi connectivity index (χ0n) is 16.7. The van der Waals surface area contributed by atoms with Crippen molar-refractivity contribution in [2.75, 3.05) is 26.2 Å². The third-order valence-electron chi connectivity index (χ3n) is 5.28. The van der Waals surface area contributed by atoms with Gasteiger partial charge in [0, 0.05) is 45.3 Å². The Morgan fingerprint density at radius 1 is 1.18 bits per heavy atom. The van der Waals surface area contributed by atoms with Gasteiger partial charge in [0.1, 0.15) is 5.56 Å². The van der Waals surface area contributed by atoms with Gasteiger partial charge in [0.25, 0.3) is 11.5 Å². The predicted octanol–water partition coefficient (Wildman–Crippen LogP) is 0.283. The summed E-state index contributed by atoms with van der Waals surface area (Å²) in [6.45, 7) is 7.13. The quantitative estimate of drug-likeness (QED) is 0.813. The van der Waals surface area contributed by atoms with Crippen molar-refractivity contribution < 1.29 is 9.59 Å². The SMILES string of the molecule is Cc1n[nH]c(=O)c(C(=O)N2CCN(C(=O)C(C)Cc3cnn(C)c3)CC2)c1C. The number of nitrogens with one attached hydrogen (secondary N) is 1. The first-order valence-corrected chi connectivity index (χ1v) is 9.39. The number of rotatable bonds is 4. The van der Waals surface area contributed by atoms with Crippen LogP contribution in [0.3, 0.4) is 0 Å². The molecule has 1 aliphatic heterocycles. The van der Waals surface area contributed by atoms with E-state index >= 15 is 0 Å². The molecule has 0 radical (unpaired) electrons. The fraction of sp³-hybridized carbons (Fsp3) is 0.526. The number of carbonyl (C=O) groups is 2. The molecule has 9 heteroatoms. The maximum atomic E-state index is 12.8. The van der Waals surface area contributed by atoms with Gasteiger partial charge in [-0.05, 0) is 31.4 Å². The molecule has 3 heterocycles. The highest BCUT2D eigenvalue weighted by Gasteiger charge is 2.29. The normalized spacial score (nSPS) is 15.6. The average molecular weight is 386 g/mol. The van der Waals surface area contributed by atoms with Crippen LogP contribution in [-0.2, 0) is 18.3 Å². The van der Waals surface area contributed by atoms with Crippen LogP contribution in [0.1, 0.15) is 34.1 Å². The molecule has 28 heavy (non-hydrogen) atoms. The molecular weight excluding hydrogens is 360 g/mol. The molecule has 2 aromatic heterocycles. The van der Waals surface area contributed by atoms with Gasteiger partial charge in [0.15, 0.2) is 0 Å². The Bertz CT molecular complexity index is 939. The lowest BCUT2D eigenvalue weighted by Crippen LogP contribution is -2.52. The van der Waals surface area contributed by atoms with Gasteiger partial charge in [0.05, 0.1) is 11.9 Å². The van der Waals surface area contributed by atoms with E-state index in [2.05, 4.69) is 15.3 Å². The molecule has 0 spiro atoms. The molecule has 2 amide bonds. The summed E-state index contributed by atoms with van der Waals surface area (Å²) in [5.74, 6) is -0.385. The zero-order chi connectivity index (χ0) is 20.4. The van der Waals surface area contributed by atoms with Gasteiger partial charge < -0.3 is 9.80 Å². The predicted molar refractivity (Wildman–Crippen MR) is 103 cm³/mol. The molecule has 0 aromatic carbocycles. The summed E-state index contributed by atoms with van der Waals surface area (Å²) < 4.78 is 1.72. The molecule has 9 nitrogen and oxygen atoms in total. The number of hydrogen-bond donors (Lipinski definition) is 1. The first kappa shape index (κ1) is 19.8. The van der Waals surface area contributed by atoms with Crippen LogP contribution in [0.5, 0.6) is 0 Å². The summed E-state index contributed by atoms with van der Waals surface area (Å²) >= 11 is 0. The second kappa shape index (κ2) is 7.95. The lowest BCUT2D eigenvalue weighted by molar-refractivity contribution is -0.136. The highest BCUT2D eigenvalue weighted by atomic mass is 16.2. The molecule has 0 bridgehead atoms. The number of amides is 2. The van der Waals surface area contributed by atoms with Gasteiger partial charge in [-0.3, -0.25) is 19.1 Å². The molecule has 1 aliphatic rings. The van der Waals surface area contributed by atoms with Crippen molar-refractivity contribution >= 4 is 11.8 Å². The summed E-state index contributed by atoms with van der Waals surface area (Å²) in [6.07, 6.45) is 4.32. The Morgan fingerprint density at radius 2 is 1.82 bits per heavy atom. The van der Waals surface area contributed by atoms with Crippen LogP contribution in [0.15, 0.2) is 17.2 Å². The van der Waals surface area contributed by atoms with Gasteiger partial charge in [-0.1, -0.05) is 6.92 Å². The molecule has 1 atom stereocenters. The summed E-state index contributed by atoms with van der Waals surface area (Å²) in [7, 11) is 1.85. The fourth-order valence-electron chi connectivity index (χ4n) is 3.50. The van der Waals surface area contributed by atoms with E-state index in [1.54, 1.807) is 34.5 Å². The smallest absolute Gasteiger partial charge is 0.277 e. The van der Waals surface area contributed by atoms with Gasteiger partial charge in [0.2, 0.25) is 5.91 Å². The van der Waals surface area contributed by atoms with E-state index in [0.29, 0.717) is 43.9 Å². The Kier molecular flexibility index (Phi) is 5.62. The Balaban J connectivity index is 1.61. The van der Waals surface area contributed by atoms with E-state index in [1.165, 1.54) is 0 Å². The zero-order valence-corrected chi connectivity index (χ0v) is 16.7. The molecule has 1 N–H and O–H groups in total. The number of H-pyrrole nitrogens is 1. The summed E-state index contributed by atoms with van der Waals surface area (Å²) in [5.41, 5.74) is 1.91. The van der Waals surface area contributed by atoms with Gasteiger partial charge in [-0.15, -0.1) is 0 Å². The monoisotopic (exact) mass is 386 g/mol. The first-order valence-electron chi connectivity index (χ1n) is 9.39. The number of aryl methyl sites for hydroxylation is 2. The third-order valence-corrected chi connectivity index (χ3v) is 5.28. The largest absolute Gasteiger partial charge is 0.339 e. The Hall–Kier alpha value is -2.97. The number of aromatic nitrogens is 4. The van der Waals surface area contributed by atoms with E-state index in [-0.39, 0.29) is 23.3 Å². The summed E-state index contributed by atoms with van der Waals surface area (Å²) in [6, 6.07) is 0. The molecule has 1 unspecified atom stereocenters. The molecule has 1 fully saturated rings. The van der Waals surface area contributed by atoms with Crippen molar-refractivity contribution in [2.24, 2.45) is 13.0 Å². The number of aromatic amines is 1. The van der Waals surface area contributed by atoms with Crippen molar-refractivity contribution in [3.63, 3.8) is 0 Å². The maximum absolute atomic E-state index is 12.8. The second-order valence-corrected chi connectivity index (χ2v) is 7.38. The summed E-state index contributed by atoms with van der Waals surface area (Å²) in [4.78, 5) is 41.1. The molecule has 1 saturated heterocycles. The lowest BCUT2D eigenvalue weighted by Gasteiger charge is -2.36. The van der Waals surface area contributed by atoms with Crippen molar-refractivity contribution in [3.05, 3.63) is 45.1 Å². The number of carbonyl (C=O) groups excluding carboxylic acids is 2. The van der Waals surface area contributed by atoms with E-state index in [4.69, 9.17) is 0 Å². The standard InChI is InChI=1S/C19H26N6O3/c1-12(9-15-10-20-23(4)11-15)18(27)24-5-7-25(8-6-24)19(28)16-13(2)14(3)21-22-17(16)26/h10-12H,5-9H2,1-4H3,(H,22,26). The van der Waals surface area contributed by atoms with Gasteiger partial charge in [-0.2, -0.15) is 10.2 Å². The molecule has 0 aliphatic carbocycles. The Labute approximate surface area is 163 Å². The minimum Gasteiger partial charge on any atom is -0.339 e. The molecule has 2 aromatic rings. The minimum atomic E-state index is -0.475. The van der Waals surface area contributed by atoms with Crippen LogP contribution < -0.4 is 5.56 Å². The van der Waals surface area contributed by atoms with E-state index in [9.17, 15) is 14.4 Å². The highest BCUT2D eigenvalue weighted by Crippen LogP contribution is 2.15. The van der Waals surface area contributed by atoms with Gasteiger partial charge >= 0.3 is 0 Å². The van der Waals surface area contributed by atoms with E-state index < -0.39 is 5.56 Å². The van der Waals surface area contributed by atoms with Crippen molar-refractivity contribution in [1.82, 2.24) is 29.8 Å². The topological polar surface area (TPSA) is 104 Å². The van der Waals surface area contributed by atoms with E-state index in [1.807, 2.05) is 20.2 Å². The average Bonchev–Trinajstić information content (AvgIpc) is 3.09. The van der Waals surface area contributed by atoms with E-state index in [0.717, 1.165) is 5.56 Å². The molecular formula is C19H26N6O3.